The predicted octanol–water partition coefficient (Wildman–Crippen LogP) is 3.05. The molecule has 0 radical (unpaired) electrons. The molecule has 2 atom stereocenters. The Kier molecular flexibility index (Phi) is 2.78. The van der Waals surface area contributed by atoms with Crippen molar-refractivity contribution in [1.29, 1.82) is 0 Å². The van der Waals surface area contributed by atoms with Crippen molar-refractivity contribution in [3.63, 3.8) is 0 Å². The highest BCUT2D eigenvalue weighted by Gasteiger charge is 2.55. The van der Waals surface area contributed by atoms with E-state index in [2.05, 4.69) is 0 Å². The van der Waals surface area contributed by atoms with Crippen LogP contribution in [0.3, 0.4) is 0 Å². The van der Waals surface area contributed by atoms with E-state index in [4.69, 9.17) is 4.74 Å². The Hall–Kier alpha value is -0.510. The Balaban J connectivity index is 1.64. The monoisotopic (exact) mass is 258 g/mol. The molecular formula is C14H20F2O2. The maximum atomic E-state index is 12.8. The summed E-state index contributed by atoms with van der Waals surface area (Å²) in [5.41, 5.74) is 0.0235. The third-order valence-corrected chi connectivity index (χ3v) is 4.88. The average Bonchev–Trinajstić information content (AvgIpc) is 2.22. The maximum absolute atomic E-state index is 12.8. The summed E-state index contributed by atoms with van der Waals surface area (Å²) in [7, 11) is 0. The number of carbonyl (C=O) groups excluding carboxylic acids is 1. The number of hydrogen-bond acceptors (Lipinski definition) is 2. The SMILES string of the molecule is CC(F)(F)COCC12CC3CC(C1)C(=O)C(C3)C2. The largest absolute Gasteiger partial charge is 0.375 e. The van der Waals surface area contributed by atoms with E-state index in [1.807, 2.05) is 0 Å². The number of hydrogen-bond donors (Lipinski definition) is 0. The molecule has 0 saturated heterocycles. The molecule has 4 fully saturated rings. The molecule has 0 aromatic rings. The zero-order valence-corrected chi connectivity index (χ0v) is 10.8. The summed E-state index contributed by atoms with van der Waals surface area (Å²) < 4.78 is 30.8. The third kappa shape index (κ3) is 2.20. The fourth-order valence-corrected chi connectivity index (χ4v) is 4.53. The molecule has 2 nitrogen and oxygen atoms in total. The van der Waals surface area contributed by atoms with Gasteiger partial charge in [-0.3, -0.25) is 4.79 Å². The summed E-state index contributed by atoms with van der Waals surface area (Å²) in [5, 5.41) is 0. The summed E-state index contributed by atoms with van der Waals surface area (Å²) in [6, 6.07) is 0. The second-order valence-corrected chi connectivity index (χ2v) is 6.81. The van der Waals surface area contributed by atoms with Gasteiger partial charge in [-0.25, -0.2) is 8.78 Å². The summed E-state index contributed by atoms with van der Waals surface area (Å²) in [4.78, 5) is 12.0. The third-order valence-electron chi connectivity index (χ3n) is 4.88. The van der Waals surface area contributed by atoms with Crippen LogP contribution in [-0.4, -0.2) is 24.9 Å². The van der Waals surface area contributed by atoms with E-state index in [9.17, 15) is 13.6 Å². The molecule has 2 unspecified atom stereocenters. The number of carbonyl (C=O) groups is 1. The molecule has 0 amide bonds. The van der Waals surface area contributed by atoms with Gasteiger partial charge in [-0.1, -0.05) is 0 Å². The van der Waals surface area contributed by atoms with E-state index >= 15 is 0 Å². The zero-order chi connectivity index (χ0) is 13.0. The standard InChI is InChI=1S/C14H20F2O2/c1-13(15,16)7-18-8-14-4-9-2-10(5-14)12(17)11(3-9)6-14/h9-11H,2-8H2,1H3. The van der Waals surface area contributed by atoms with E-state index in [1.54, 1.807) is 0 Å². The van der Waals surface area contributed by atoms with Gasteiger partial charge in [0.05, 0.1) is 6.61 Å². The van der Waals surface area contributed by atoms with Gasteiger partial charge in [0.2, 0.25) is 0 Å². The van der Waals surface area contributed by atoms with Crippen molar-refractivity contribution in [3.05, 3.63) is 0 Å². The highest BCUT2D eigenvalue weighted by Crippen LogP contribution is 2.58. The quantitative estimate of drug-likeness (QED) is 0.774. The minimum atomic E-state index is -2.75. The van der Waals surface area contributed by atoms with Crippen LogP contribution in [0.15, 0.2) is 0 Å². The molecule has 0 spiro atoms. The van der Waals surface area contributed by atoms with Crippen molar-refractivity contribution < 1.29 is 18.3 Å². The maximum Gasteiger partial charge on any atom is 0.268 e. The zero-order valence-electron chi connectivity index (χ0n) is 10.8. The highest BCUT2D eigenvalue weighted by molar-refractivity contribution is 5.85. The second kappa shape index (κ2) is 3.99. The number of ether oxygens (including phenoxy) is 1. The minimum absolute atomic E-state index is 0.0235. The molecule has 0 aromatic heterocycles. The minimum Gasteiger partial charge on any atom is -0.375 e. The van der Waals surface area contributed by atoms with Crippen molar-refractivity contribution in [3.8, 4) is 0 Å². The molecule has 0 N–H and O–H groups in total. The van der Waals surface area contributed by atoms with Crippen LogP contribution in [0.4, 0.5) is 8.78 Å². The molecule has 102 valence electrons. The van der Waals surface area contributed by atoms with Gasteiger partial charge in [-0.2, -0.15) is 0 Å². The Bertz CT molecular complexity index is 343. The van der Waals surface area contributed by atoms with Crippen LogP contribution in [0.25, 0.3) is 0 Å². The van der Waals surface area contributed by atoms with Crippen LogP contribution in [0, 0.1) is 23.2 Å². The van der Waals surface area contributed by atoms with E-state index in [1.165, 1.54) is 0 Å². The van der Waals surface area contributed by atoms with E-state index in [-0.39, 0.29) is 17.3 Å². The van der Waals surface area contributed by atoms with Gasteiger partial charge in [0.25, 0.3) is 5.92 Å². The first-order valence-electron chi connectivity index (χ1n) is 6.86. The molecule has 0 aliphatic heterocycles. The van der Waals surface area contributed by atoms with Crippen molar-refractivity contribution in [2.24, 2.45) is 23.2 Å². The van der Waals surface area contributed by atoms with Gasteiger partial charge in [0, 0.05) is 18.8 Å². The molecule has 0 aromatic carbocycles. The average molecular weight is 258 g/mol. The normalized spacial score (nSPS) is 42.6. The van der Waals surface area contributed by atoms with Crippen LogP contribution in [0.1, 0.15) is 39.0 Å². The van der Waals surface area contributed by atoms with Gasteiger partial charge in [0.15, 0.2) is 0 Å². The Morgan fingerprint density at radius 2 is 1.89 bits per heavy atom. The lowest BCUT2D eigenvalue weighted by Gasteiger charge is -2.55. The van der Waals surface area contributed by atoms with E-state index < -0.39 is 12.5 Å². The smallest absolute Gasteiger partial charge is 0.268 e. The number of ketones is 1. The summed E-state index contributed by atoms with van der Waals surface area (Å²) in [6.07, 6.45) is 4.87. The number of rotatable bonds is 4. The lowest BCUT2D eigenvalue weighted by Crippen LogP contribution is -2.53. The van der Waals surface area contributed by atoms with Crippen LogP contribution in [0.5, 0.6) is 0 Å². The molecule has 4 aliphatic carbocycles. The van der Waals surface area contributed by atoms with Crippen molar-refractivity contribution >= 4 is 5.78 Å². The van der Waals surface area contributed by atoms with E-state index in [0.29, 0.717) is 18.3 Å². The van der Waals surface area contributed by atoms with Crippen LogP contribution >= 0.6 is 0 Å². The number of Topliss-reactive ketones (excluding diaryl/α,β-unsaturated/α-hetero) is 1. The van der Waals surface area contributed by atoms with Crippen LogP contribution < -0.4 is 0 Å². The molecule has 4 aliphatic rings. The summed E-state index contributed by atoms with van der Waals surface area (Å²) in [5.74, 6) is -1.30. The molecule has 4 rings (SSSR count). The predicted molar refractivity (Wildman–Crippen MR) is 62.4 cm³/mol. The van der Waals surface area contributed by atoms with Crippen molar-refractivity contribution in [1.82, 2.24) is 0 Å². The second-order valence-electron chi connectivity index (χ2n) is 6.81. The van der Waals surface area contributed by atoms with Gasteiger partial charge >= 0.3 is 0 Å². The van der Waals surface area contributed by atoms with Gasteiger partial charge in [-0.15, -0.1) is 0 Å². The van der Waals surface area contributed by atoms with Gasteiger partial charge < -0.3 is 4.74 Å². The lowest BCUT2D eigenvalue weighted by molar-refractivity contribution is -0.157. The lowest BCUT2D eigenvalue weighted by atomic mass is 9.49. The topological polar surface area (TPSA) is 26.3 Å². The van der Waals surface area contributed by atoms with Gasteiger partial charge in [-0.05, 0) is 43.4 Å². The van der Waals surface area contributed by atoms with Gasteiger partial charge in [0.1, 0.15) is 12.4 Å². The molecule has 0 heterocycles. The molecule has 4 heteroatoms. The first kappa shape index (κ1) is 12.5. The fourth-order valence-electron chi connectivity index (χ4n) is 4.53. The van der Waals surface area contributed by atoms with E-state index in [0.717, 1.165) is 39.0 Å². The van der Waals surface area contributed by atoms with Crippen LogP contribution in [-0.2, 0) is 9.53 Å². The first-order valence-corrected chi connectivity index (χ1v) is 6.86. The summed E-state index contributed by atoms with van der Waals surface area (Å²) in [6.45, 7) is 0.798. The Morgan fingerprint density at radius 1 is 1.28 bits per heavy atom. The molecule has 4 bridgehead atoms. The number of alkyl halides is 2. The van der Waals surface area contributed by atoms with Crippen molar-refractivity contribution in [2.75, 3.05) is 13.2 Å². The Labute approximate surface area is 106 Å². The van der Waals surface area contributed by atoms with Crippen LogP contribution in [0.2, 0.25) is 0 Å². The molecular weight excluding hydrogens is 238 g/mol. The molecule has 4 saturated carbocycles. The summed E-state index contributed by atoms with van der Waals surface area (Å²) >= 11 is 0. The highest BCUT2D eigenvalue weighted by atomic mass is 19.3. The first-order chi connectivity index (χ1) is 8.37. The number of halogens is 2. The Morgan fingerprint density at radius 3 is 2.44 bits per heavy atom. The fraction of sp³-hybridized carbons (Fsp3) is 0.929. The molecule has 18 heavy (non-hydrogen) atoms. The van der Waals surface area contributed by atoms with Crippen molar-refractivity contribution in [2.45, 2.75) is 45.0 Å².